The molecule has 0 radical (unpaired) electrons. The Bertz CT molecular complexity index is 218. The van der Waals surface area contributed by atoms with E-state index in [0.717, 1.165) is 5.76 Å². The van der Waals surface area contributed by atoms with Crippen LogP contribution in [-0.2, 0) is 10.5 Å². The van der Waals surface area contributed by atoms with Gasteiger partial charge in [0.25, 0.3) is 0 Å². The van der Waals surface area contributed by atoms with Crippen molar-refractivity contribution in [3.05, 3.63) is 24.2 Å². The van der Waals surface area contributed by atoms with Gasteiger partial charge in [-0.3, -0.25) is 0 Å². The summed E-state index contributed by atoms with van der Waals surface area (Å²) in [5.41, 5.74) is 0. The highest BCUT2D eigenvalue weighted by molar-refractivity contribution is 7.99. The van der Waals surface area contributed by atoms with Crippen LogP contribution in [0.4, 0.5) is 0 Å². The summed E-state index contributed by atoms with van der Waals surface area (Å²) in [5.74, 6) is 0.347. The second-order valence-electron chi connectivity index (χ2n) is 1.94. The Morgan fingerprint density at radius 2 is 2.55 bits per heavy atom. The molecule has 0 amide bonds. The van der Waals surface area contributed by atoms with Crippen LogP contribution < -0.4 is 5.11 Å². The number of carboxylic acids is 1. The normalized spacial score (nSPS) is 9.82. The number of furan rings is 1. The van der Waals surface area contributed by atoms with Gasteiger partial charge in [-0.2, -0.15) is 0 Å². The molecule has 0 aliphatic carbocycles. The predicted octanol–water partition coefficient (Wildman–Crippen LogP) is 0.263. The first-order chi connectivity index (χ1) is 5.29. The van der Waals surface area contributed by atoms with Gasteiger partial charge in [0, 0.05) is 5.75 Å². The highest BCUT2D eigenvalue weighted by Gasteiger charge is 1.94. The molecule has 0 atom stereocenters. The molecule has 1 rings (SSSR count). The van der Waals surface area contributed by atoms with Gasteiger partial charge in [-0.1, -0.05) is 0 Å². The number of hydrogen-bond donors (Lipinski definition) is 0. The summed E-state index contributed by atoms with van der Waals surface area (Å²) < 4.78 is 4.98. The highest BCUT2D eigenvalue weighted by Crippen LogP contribution is 2.11. The van der Waals surface area contributed by atoms with Crippen molar-refractivity contribution in [3.63, 3.8) is 0 Å². The largest absolute Gasteiger partial charge is 0.549 e. The lowest BCUT2D eigenvalue weighted by Gasteiger charge is -1.98. The van der Waals surface area contributed by atoms with Gasteiger partial charge in [-0.05, 0) is 12.1 Å². The standard InChI is InChI=1S/C7H8O3S/c8-7(9)5-11-4-6-2-1-3-10-6/h1-3H,4-5H2,(H,8,9)/p-1. The lowest BCUT2D eigenvalue weighted by Crippen LogP contribution is -2.24. The minimum absolute atomic E-state index is 0.0146. The smallest absolute Gasteiger partial charge is 0.113 e. The van der Waals surface area contributed by atoms with Crippen LogP contribution in [0.3, 0.4) is 0 Å². The lowest BCUT2D eigenvalue weighted by molar-refractivity contribution is -0.301. The molecule has 11 heavy (non-hydrogen) atoms. The number of carboxylic acid groups (broad SMARTS) is 1. The highest BCUT2D eigenvalue weighted by atomic mass is 32.2. The number of carbonyl (C=O) groups is 1. The molecule has 0 aliphatic rings. The Morgan fingerprint density at radius 1 is 1.73 bits per heavy atom. The number of carbonyl (C=O) groups excluding carboxylic acids is 1. The van der Waals surface area contributed by atoms with Crippen molar-refractivity contribution in [2.75, 3.05) is 5.75 Å². The second-order valence-corrected chi connectivity index (χ2v) is 2.93. The number of aliphatic carboxylic acids is 1. The molecule has 0 spiro atoms. The van der Waals surface area contributed by atoms with Crippen LogP contribution in [0.5, 0.6) is 0 Å². The maximum atomic E-state index is 9.97. The minimum Gasteiger partial charge on any atom is -0.549 e. The van der Waals surface area contributed by atoms with Crippen LogP contribution in [0.1, 0.15) is 5.76 Å². The molecule has 0 aromatic carbocycles. The fourth-order valence-electron chi connectivity index (χ4n) is 0.630. The molecule has 60 valence electrons. The van der Waals surface area contributed by atoms with Crippen molar-refractivity contribution < 1.29 is 14.3 Å². The van der Waals surface area contributed by atoms with E-state index in [1.165, 1.54) is 11.8 Å². The van der Waals surface area contributed by atoms with Crippen molar-refractivity contribution in [1.82, 2.24) is 0 Å². The van der Waals surface area contributed by atoms with Crippen molar-refractivity contribution in [1.29, 1.82) is 0 Å². The van der Waals surface area contributed by atoms with E-state index in [1.54, 1.807) is 12.3 Å². The van der Waals surface area contributed by atoms with Gasteiger partial charge in [-0.15, -0.1) is 11.8 Å². The quantitative estimate of drug-likeness (QED) is 0.652. The van der Waals surface area contributed by atoms with Gasteiger partial charge in [0.2, 0.25) is 0 Å². The summed E-state index contributed by atoms with van der Waals surface area (Å²) >= 11 is 1.26. The molecule has 0 fully saturated rings. The van der Waals surface area contributed by atoms with Gasteiger partial charge in [-0.25, -0.2) is 0 Å². The van der Waals surface area contributed by atoms with Gasteiger partial charge in [0.05, 0.1) is 18.0 Å². The van der Waals surface area contributed by atoms with Crippen LogP contribution in [0, 0.1) is 0 Å². The number of thioether (sulfide) groups is 1. The van der Waals surface area contributed by atoms with Gasteiger partial charge in [0.1, 0.15) is 5.76 Å². The summed E-state index contributed by atoms with van der Waals surface area (Å²) in [5, 5.41) is 9.97. The molecular weight excluding hydrogens is 164 g/mol. The van der Waals surface area contributed by atoms with Gasteiger partial charge >= 0.3 is 0 Å². The zero-order valence-corrected chi connectivity index (χ0v) is 6.60. The van der Waals surface area contributed by atoms with Crippen molar-refractivity contribution in [2.24, 2.45) is 0 Å². The second kappa shape index (κ2) is 4.08. The zero-order valence-electron chi connectivity index (χ0n) is 5.78. The molecule has 0 bridgehead atoms. The first kappa shape index (κ1) is 8.20. The molecule has 4 heteroatoms. The maximum Gasteiger partial charge on any atom is 0.113 e. The van der Waals surface area contributed by atoms with E-state index in [-0.39, 0.29) is 5.75 Å². The van der Waals surface area contributed by atoms with Crippen molar-refractivity contribution in [3.8, 4) is 0 Å². The van der Waals surface area contributed by atoms with Crippen LogP contribution in [0.15, 0.2) is 22.8 Å². The molecule has 1 heterocycles. The first-order valence-electron chi connectivity index (χ1n) is 3.09. The molecule has 0 N–H and O–H groups in total. The molecule has 0 saturated heterocycles. The molecule has 1 aromatic rings. The summed E-state index contributed by atoms with van der Waals surface area (Å²) in [7, 11) is 0. The summed E-state index contributed by atoms with van der Waals surface area (Å²) in [6, 6.07) is 3.58. The third-order valence-electron chi connectivity index (χ3n) is 1.04. The Balaban J connectivity index is 2.19. The average molecular weight is 171 g/mol. The first-order valence-corrected chi connectivity index (χ1v) is 4.24. The Hall–Kier alpha value is -0.900. The van der Waals surface area contributed by atoms with Crippen molar-refractivity contribution in [2.45, 2.75) is 5.75 Å². The summed E-state index contributed by atoms with van der Waals surface area (Å²) in [6.45, 7) is 0. The fourth-order valence-corrected chi connectivity index (χ4v) is 1.26. The van der Waals surface area contributed by atoms with E-state index in [0.29, 0.717) is 5.75 Å². The average Bonchev–Trinajstić information content (AvgIpc) is 2.39. The number of hydrogen-bond acceptors (Lipinski definition) is 4. The van der Waals surface area contributed by atoms with Gasteiger partial charge < -0.3 is 14.3 Å². The fraction of sp³-hybridized carbons (Fsp3) is 0.286. The molecule has 0 unspecified atom stereocenters. The van der Waals surface area contributed by atoms with E-state index in [4.69, 9.17) is 4.42 Å². The van der Waals surface area contributed by atoms with Crippen molar-refractivity contribution >= 4 is 17.7 Å². The topological polar surface area (TPSA) is 53.3 Å². The van der Waals surface area contributed by atoms with E-state index < -0.39 is 5.97 Å². The van der Waals surface area contributed by atoms with Gasteiger partial charge in [0.15, 0.2) is 0 Å². The van der Waals surface area contributed by atoms with Crippen LogP contribution >= 0.6 is 11.8 Å². The molecule has 3 nitrogen and oxygen atoms in total. The van der Waals surface area contributed by atoms with Crippen LogP contribution in [0.25, 0.3) is 0 Å². The maximum absolute atomic E-state index is 9.97. The monoisotopic (exact) mass is 171 g/mol. The predicted molar refractivity (Wildman–Crippen MR) is 39.9 cm³/mol. The Morgan fingerprint density at radius 3 is 3.09 bits per heavy atom. The van der Waals surface area contributed by atoms with Crippen LogP contribution in [0.2, 0.25) is 0 Å². The number of rotatable bonds is 4. The van der Waals surface area contributed by atoms with E-state index >= 15 is 0 Å². The zero-order chi connectivity index (χ0) is 8.10. The Labute approximate surface area is 68.4 Å². The van der Waals surface area contributed by atoms with Crippen LogP contribution in [-0.4, -0.2) is 11.7 Å². The minimum atomic E-state index is -1.04. The van der Waals surface area contributed by atoms with E-state index in [9.17, 15) is 9.90 Å². The molecule has 0 saturated carbocycles. The van der Waals surface area contributed by atoms with E-state index in [2.05, 4.69) is 0 Å². The molecule has 0 aliphatic heterocycles. The molecular formula is C7H7O3S-. The van der Waals surface area contributed by atoms with E-state index in [1.807, 2.05) is 6.07 Å². The third kappa shape index (κ3) is 3.13. The Kier molecular flexibility index (Phi) is 3.04. The SMILES string of the molecule is O=C([O-])CSCc1ccco1. The third-order valence-corrected chi connectivity index (χ3v) is 1.97. The summed E-state index contributed by atoms with van der Waals surface area (Å²) in [6.07, 6.45) is 1.56. The lowest BCUT2D eigenvalue weighted by atomic mass is 10.5. The molecule has 1 aromatic heterocycles. The summed E-state index contributed by atoms with van der Waals surface area (Å²) in [4.78, 5) is 9.97.